The Morgan fingerprint density at radius 3 is 2.59 bits per heavy atom. The molecule has 1 aromatic heterocycles. The summed E-state index contributed by atoms with van der Waals surface area (Å²) in [5, 5.41) is 2.71. The average molecular weight is 394 g/mol. The molecule has 0 saturated heterocycles. The Kier molecular flexibility index (Phi) is 6.04. The van der Waals surface area contributed by atoms with Crippen LogP contribution in [0, 0.1) is 17.8 Å². The molecule has 0 spiro atoms. The molecule has 2 saturated carbocycles. The molecule has 1 amide bonds. The van der Waals surface area contributed by atoms with Gasteiger partial charge >= 0.3 is 11.9 Å². The van der Waals surface area contributed by atoms with Crippen LogP contribution in [0.3, 0.4) is 0 Å². The zero-order valence-electron chi connectivity index (χ0n) is 15.7. The molecular weight excluding hydrogens is 368 g/mol. The zero-order valence-corrected chi connectivity index (χ0v) is 16.5. The van der Waals surface area contributed by atoms with Crippen molar-refractivity contribution in [3.63, 3.8) is 0 Å². The van der Waals surface area contributed by atoms with Gasteiger partial charge in [-0.3, -0.25) is 9.59 Å². The van der Waals surface area contributed by atoms with Gasteiger partial charge in [0.15, 0.2) is 0 Å². The maximum Gasteiger partial charge on any atom is 0.341 e. The number of nitrogen functional groups attached to an aromatic ring is 1. The topological polar surface area (TPSA) is 108 Å². The van der Waals surface area contributed by atoms with Crippen LogP contribution in [0.1, 0.15) is 64.6 Å². The van der Waals surface area contributed by atoms with Crippen molar-refractivity contribution >= 4 is 34.2 Å². The van der Waals surface area contributed by atoms with E-state index in [1.54, 1.807) is 6.92 Å². The highest BCUT2D eigenvalue weighted by atomic mass is 32.1. The highest BCUT2D eigenvalue weighted by Gasteiger charge is 2.40. The lowest BCUT2D eigenvalue weighted by Crippen LogP contribution is -2.21. The molecule has 2 bridgehead atoms. The summed E-state index contributed by atoms with van der Waals surface area (Å²) in [7, 11) is 1.49. The monoisotopic (exact) mass is 394 g/mol. The largest absolute Gasteiger partial charge is 0.462 e. The quantitative estimate of drug-likeness (QED) is 0.689. The van der Waals surface area contributed by atoms with E-state index in [-0.39, 0.29) is 40.5 Å². The second-order valence-electron chi connectivity index (χ2n) is 7.25. The predicted molar refractivity (Wildman–Crippen MR) is 101 cm³/mol. The molecular formula is C19H26N2O5S. The summed E-state index contributed by atoms with van der Waals surface area (Å²) in [5.74, 6) is 0.513. The van der Waals surface area contributed by atoms with Gasteiger partial charge in [0.1, 0.15) is 22.0 Å². The molecule has 148 valence electrons. The SMILES string of the molecule is CCOC(=O)c1c(N)sc(C(=O)NC)c1COC(=O)C[C@H]1C[C@H]2CC[C@@H]1C2. The Morgan fingerprint density at radius 1 is 1.22 bits per heavy atom. The molecule has 3 N–H and O–H groups in total. The first-order valence-electron chi connectivity index (χ1n) is 9.40. The lowest BCUT2D eigenvalue weighted by atomic mass is 9.86. The number of carbonyl (C=O) groups excluding carboxylic acids is 3. The van der Waals surface area contributed by atoms with Crippen molar-refractivity contribution in [1.82, 2.24) is 5.32 Å². The number of anilines is 1. The van der Waals surface area contributed by atoms with Gasteiger partial charge < -0.3 is 20.5 Å². The van der Waals surface area contributed by atoms with Crippen molar-refractivity contribution in [2.75, 3.05) is 19.4 Å². The number of hydrogen-bond donors (Lipinski definition) is 2. The maximum absolute atomic E-state index is 12.3. The highest BCUT2D eigenvalue weighted by molar-refractivity contribution is 7.18. The van der Waals surface area contributed by atoms with Crippen LogP contribution >= 0.6 is 11.3 Å². The fraction of sp³-hybridized carbons (Fsp3) is 0.632. The van der Waals surface area contributed by atoms with Gasteiger partial charge in [0.25, 0.3) is 5.91 Å². The van der Waals surface area contributed by atoms with Crippen molar-refractivity contribution in [1.29, 1.82) is 0 Å². The van der Waals surface area contributed by atoms with E-state index in [2.05, 4.69) is 5.32 Å². The zero-order chi connectivity index (χ0) is 19.6. The molecule has 7 nitrogen and oxygen atoms in total. The summed E-state index contributed by atoms with van der Waals surface area (Å²) in [5.41, 5.74) is 6.38. The lowest BCUT2D eigenvalue weighted by molar-refractivity contribution is -0.146. The second kappa shape index (κ2) is 8.29. The normalized spacial score (nSPS) is 23.3. The van der Waals surface area contributed by atoms with Gasteiger partial charge in [0.05, 0.1) is 6.61 Å². The Hall–Kier alpha value is -2.09. The lowest BCUT2D eigenvalue weighted by Gasteiger charge is -2.20. The van der Waals surface area contributed by atoms with E-state index in [9.17, 15) is 14.4 Å². The molecule has 3 rings (SSSR count). The number of esters is 2. The highest BCUT2D eigenvalue weighted by Crippen LogP contribution is 2.49. The van der Waals surface area contributed by atoms with Crippen molar-refractivity contribution in [2.24, 2.45) is 17.8 Å². The van der Waals surface area contributed by atoms with E-state index >= 15 is 0 Å². The first-order chi connectivity index (χ1) is 12.9. The van der Waals surface area contributed by atoms with Gasteiger partial charge in [-0.05, 0) is 43.9 Å². The molecule has 2 fully saturated rings. The van der Waals surface area contributed by atoms with E-state index in [1.807, 2.05) is 0 Å². The number of nitrogens with one attached hydrogen (secondary N) is 1. The van der Waals surface area contributed by atoms with Crippen molar-refractivity contribution in [2.45, 2.75) is 45.6 Å². The van der Waals surface area contributed by atoms with Crippen LogP contribution in [0.15, 0.2) is 0 Å². The molecule has 1 heterocycles. The smallest absolute Gasteiger partial charge is 0.341 e. The van der Waals surface area contributed by atoms with Crippen LogP contribution in [0.5, 0.6) is 0 Å². The summed E-state index contributed by atoms with van der Waals surface area (Å²) in [6, 6.07) is 0. The molecule has 0 unspecified atom stereocenters. The number of carbonyl (C=O) groups is 3. The van der Waals surface area contributed by atoms with Crippen LogP contribution in [0.4, 0.5) is 5.00 Å². The number of rotatable bonds is 7. The molecule has 3 atom stereocenters. The molecule has 1 aromatic rings. The van der Waals surface area contributed by atoms with Gasteiger partial charge in [-0.25, -0.2) is 4.79 Å². The molecule has 8 heteroatoms. The van der Waals surface area contributed by atoms with Gasteiger partial charge in [-0.1, -0.05) is 6.42 Å². The number of ether oxygens (including phenoxy) is 2. The average Bonchev–Trinajstić information content (AvgIpc) is 3.33. The number of thiophene rings is 1. The molecule has 0 aromatic carbocycles. The van der Waals surface area contributed by atoms with Gasteiger partial charge in [-0.15, -0.1) is 11.3 Å². The maximum atomic E-state index is 12.3. The third-order valence-electron chi connectivity index (χ3n) is 5.64. The Bertz CT molecular complexity index is 745. The van der Waals surface area contributed by atoms with E-state index < -0.39 is 5.97 Å². The van der Waals surface area contributed by atoms with Crippen LogP contribution < -0.4 is 11.1 Å². The molecule has 2 aliphatic rings. The van der Waals surface area contributed by atoms with Crippen molar-refractivity contribution in [3.05, 3.63) is 16.0 Å². The van der Waals surface area contributed by atoms with Crippen LogP contribution in [-0.2, 0) is 20.9 Å². The van der Waals surface area contributed by atoms with Gasteiger partial charge in [-0.2, -0.15) is 0 Å². The van der Waals surface area contributed by atoms with Crippen molar-refractivity contribution in [3.8, 4) is 0 Å². The van der Waals surface area contributed by atoms with Crippen LogP contribution in [0.25, 0.3) is 0 Å². The molecule has 0 radical (unpaired) electrons. The summed E-state index contributed by atoms with van der Waals surface area (Å²) in [4.78, 5) is 37.0. The first kappa shape index (κ1) is 19.7. The summed E-state index contributed by atoms with van der Waals surface area (Å²) >= 11 is 0.996. The van der Waals surface area contributed by atoms with E-state index in [0.29, 0.717) is 23.8 Å². The van der Waals surface area contributed by atoms with E-state index in [4.69, 9.17) is 15.2 Å². The van der Waals surface area contributed by atoms with Crippen LogP contribution in [0.2, 0.25) is 0 Å². The summed E-state index contributed by atoms with van der Waals surface area (Å²) < 4.78 is 10.5. The number of fused-ring (bicyclic) bond motifs is 2. The summed E-state index contributed by atoms with van der Waals surface area (Å²) in [6.07, 6.45) is 5.21. The van der Waals surface area contributed by atoms with Gasteiger partial charge in [0.2, 0.25) is 0 Å². The van der Waals surface area contributed by atoms with Crippen molar-refractivity contribution < 1.29 is 23.9 Å². The second-order valence-corrected chi connectivity index (χ2v) is 8.30. The third kappa shape index (κ3) is 4.10. The molecule has 27 heavy (non-hydrogen) atoms. The number of nitrogens with two attached hydrogens (primary N) is 1. The number of amides is 1. The fourth-order valence-corrected chi connectivity index (χ4v) is 5.41. The minimum absolute atomic E-state index is 0.119. The molecule has 0 aliphatic heterocycles. The van der Waals surface area contributed by atoms with Gasteiger partial charge in [0, 0.05) is 19.0 Å². The van der Waals surface area contributed by atoms with E-state index in [0.717, 1.165) is 23.7 Å². The predicted octanol–water partition coefficient (Wildman–Crippen LogP) is 2.74. The standard InChI is InChI=1S/C19H26N2O5S/c1-3-25-19(24)15-13(16(18(23)21-2)27-17(15)20)9-26-14(22)8-12-7-10-4-5-11(12)6-10/h10-12H,3-9,20H2,1-2H3,(H,21,23)/t10-,11+,12+/m0/s1. The Labute approximate surface area is 162 Å². The fourth-order valence-electron chi connectivity index (χ4n) is 4.40. The third-order valence-corrected chi connectivity index (χ3v) is 6.70. The Balaban J connectivity index is 1.71. The molecule has 2 aliphatic carbocycles. The first-order valence-corrected chi connectivity index (χ1v) is 10.2. The minimum atomic E-state index is -0.611. The minimum Gasteiger partial charge on any atom is -0.462 e. The number of hydrogen-bond acceptors (Lipinski definition) is 7. The summed E-state index contributed by atoms with van der Waals surface area (Å²) in [6.45, 7) is 1.71. The Morgan fingerprint density at radius 2 is 2.00 bits per heavy atom. The van der Waals surface area contributed by atoms with Crippen LogP contribution in [-0.4, -0.2) is 31.5 Å². The van der Waals surface area contributed by atoms with E-state index in [1.165, 1.54) is 26.3 Å².